The summed E-state index contributed by atoms with van der Waals surface area (Å²) in [5.41, 5.74) is -0.390. The Morgan fingerprint density at radius 1 is 0.830 bits per heavy atom. The van der Waals surface area contributed by atoms with Crippen LogP contribution in [0.1, 0.15) is 30.5 Å². The highest BCUT2D eigenvalue weighted by Crippen LogP contribution is 2.38. The van der Waals surface area contributed by atoms with Crippen molar-refractivity contribution in [3.05, 3.63) is 130 Å². The summed E-state index contributed by atoms with van der Waals surface area (Å²) in [6.45, 7) is 2.46. The molecule has 1 N–H and O–H groups in total. The van der Waals surface area contributed by atoms with Crippen molar-refractivity contribution in [2.24, 2.45) is 0 Å². The number of anilines is 1. The maximum Gasteiger partial charge on any atom is 0.417 e. The molecule has 7 nitrogen and oxygen atoms in total. The van der Waals surface area contributed by atoms with Crippen LogP contribution < -0.4 is 9.62 Å². The molecule has 0 aromatic heterocycles. The molecule has 4 aromatic rings. The van der Waals surface area contributed by atoms with E-state index in [9.17, 15) is 31.2 Å². The third-order valence-corrected chi connectivity index (χ3v) is 9.49. The van der Waals surface area contributed by atoms with Gasteiger partial charge in [0.05, 0.1) is 21.2 Å². The Kier molecular flexibility index (Phi) is 11.6. The number of halogens is 5. The highest BCUT2D eigenvalue weighted by molar-refractivity contribution is 7.92. The first-order valence-electron chi connectivity index (χ1n) is 14.5. The minimum Gasteiger partial charge on any atom is -0.352 e. The number of nitrogens with one attached hydrogen (secondary N) is 1. The van der Waals surface area contributed by atoms with Crippen molar-refractivity contribution in [1.29, 1.82) is 0 Å². The molecule has 0 aliphatic rings. The summed E-state index contributed by atoms with van der Waals surface area (Å²) in [4.78, 5) is 29.1. The van der Waals surface area contributed by atoms with E-state index in [0.717, 1.165) is 17.7 Å². The topological polar surface area (TPSA) is 86.8 Å². The van der Waals surface area contributed by atoms with E-state index in [4.69, 9.17) is 23.2 Å². The van der Waals surface area contributed by atoms with Crippen LogP contribution in [0.2, 0.25) is 10.0 Å². The number of carbonyl (C=O) groups excluding carboxylic acids is 2. The Morgan fingerprint density at radius 2 is 1.43 bits per heavy atom. The Balaban J connectivity index is 1.85. The lowest BCUT2D eigenvalue weighted by molar-refractivity contribution is -0.140. The second kappa shape index (κ2) is 15.2. The first-order chi connectivity index (χ1) is 22.2. The van der Waals surface area contributed by atoms with Crippen LogP contribution in [-0.2, 0) is 38.8 Å². The molecule has 4 rings (SSSR count). The van der Waals surface area contributed by atoms with Gasteiger partial charge in [0, 0.05) is 24.0 Å². The Bertz CT molecular complexity index is 1790. The summed E-state index contributed by atoms with van der Waals surface area (Å²) in [5.74, 6) is -1.32. The standard InChI is InChI=1S/C34H32Cl2F3N3O4S/c1-23(2)40-33(44)31(19-24-9-5-3-6-10-24)41(21-25-13-15-26(35)16-14-25)32(43)22-42(47(45,46)28-11-7-4-8-12-28)27-17-18-30(36)29(20-27)34(37,38)39/h3-18,20,23,31H,19,21-22H2,1-2H3,(H,40,44)/t31-/m0/s1. The fraction of sp³-hybridized carbons (Fsp3) is 0.235. The lowest BCUT2D eigenvalue weighted by Crippen LogP contribution is -2.54. The minimum absolute atomic E-state index is 0.0727. The molecule has 248 valence electrons. The van der Waals surface area contributed by atoms with Crippen molar-refractivity contribution in [2.45, 2.75) is 50.0 Å². The van der Waals surface area contributed by atoms with E-state index in [1.54, 1.807) is 74.5 Å². The van der Waals surface area contributed by atoms with Gasteiger partial charge in [-0.25, -0.2) is 8.42 Å². The monoisotopic (exact) mass is 705 g/mol. The van der Waals surface area contributed by atoms with Gasteiger partial charge in [0.25, 0.3) is 10.0 Å². The van der Waals surface area contributed by atoms with E-state index < -0.39 is 56.9 Å². The molecule has 0 radical (unpaired) electrons. The number of alkyl halides is 3. The Labute approximate surface area is 282 Å². The first kappa shape index (κ1) is 35.8. The molecule has 0 aliphatic heterocycles. The van der Waals surface area contributed by atoms with Crippen LogP contribution in [0.5, 0.6) is 0 Å². The van der Waals surface area contributed by atoms with E-state index >= 15 is 0 Å². The summed E-state index contributed by atoms with van der Waals surface area (Å²) in [5, 5.41) is 2.64. The zero-order chi connectivity index (χ0) is 34.4. The first-order valence-corrected chi connectivity index (χ1v) is 16.7. The van der Waals surface area contributed by atoms with Gasteiger partial charge in [-0.2, -0.15) is 13.2 Å². The van der Waals surface area contributed by atoms with Crippen LogP contribution in [0.15, 0.2) is 108 Å². The molecule has 0 bridgehead atoms. The van der Waals surface area contributed by atoms with Crippen molar-refractivity contribution in [2.75, 3.05) is 10.8 Å². The summed E-state index contributed by atoms with van der Waals surface area (Å²) >= 11 is 11.9. The average molecular weight is 707 g/mol. The number of carbonyl (C=O) groups is 2. The van der Waals surface area contributed by atoms with Gasteiger partial charge in [0.15, 0.2) is 0 Å². The quantitative estimate of drug-likeness (QED) is 0.167. The van der Waals surface area contributed by atoms with Gasteiger partial charge in [-0.05, 0) is 67.4 Å². The lowest BCUT2D eigenvalue weighted by Gasteiger charge is -2.34. The molecule has 0 unspecified atom stereocenters. The molecule has 4 aromatic carbocycles. The largest absolute Gasteiger partial charge is 0.417 e. The normalized spacial score (nSPS) is 12.4. The predicted octanol–water partition coefficient (Wildman–Crippen LogP) is 7.37. The number of benzene rings is 4. The van der Waals surface area contributed by atoms with Crippen molar-refractivity contribution >= 4 is 50.7 Å². The van der Waals surface area contributed by atoms with E-state index in [-0.39, 0.29) is 23.9 Å². The van der Waals surface area contributed by atoms with Gasteiger partial charge >= 0.3 is 6.18 Å². The molecule has 0 saturated carbocycles. The average Bonchev–Trinajstić information content (AvgIpc) is 3.02. The minimum atomic E-state index is -4.91. The van der Waals surface area contributed by atoms with Gasteiger partial charge in [-0.3, -0.25) is 13.9 Å². The van der Waals surface area contributed by atoms with Crippen LogP contribution in [0.4, 0.5) is 18.9 Å². The molecule has 0 heterocycles. The maximum atomic E-state index is 14.4. The smallest absolute Gasteiger partial charge is 0.352 e. The zero-order valence-electron chi connectivity index (χ0n) is 25.4. The van der Waals surface area contributed by atoms with E-state index in [2.05, 4.69) is 5.32 Å². The Hall–Kier alpha value is -4.06. The SMILES string of the molecule is CC(C)NC(=O)[C@H](Cc1ccccc1)N(Cc1ccc(Cl)cc1)C(=O)CN(c1ccc(Cl)c(C(F)(F)F)c1)S(=O)(=O)c1ccccc1. The third kappa shape index (κ3) is 9.27. The van der Waals surface area contributed by atoms with Crippen molar-refractivity contribution < 1.29 is 31.2 Å². The molecular formula is C34H32Cl2F3N3O4S. The van der Waals surface area contributed by atoms with Gasteiger partial charge in [-0.15, -0.1) is 0 Å². The van der Waals surface area contributed by atoms with Gasteiger partial charge < -0.3 is 10.2 Å². The fourth-order valence-electron chi connectivity index (χ4n) is 4.86. The summed E-state index contributed by atoms with van der Waals surface area (Å²) in [6, 6.07) is 23.7. The number of amides is 2. The third-order valence-electron chi connectivity index (χ3n) is 7.12. The predicted molar refractivity (Wildman–Crippen MR) is 177 cm³/mol. The molecule has 1 atom stereocenters. The molecule has 47 heavy (non-hydrogen) atoms. The number of sulfonamides is 1. The fourth-order valence-corrected chi connectivity index (χ4v) is 6.63. The van der Waals surface area contributed by atoms with E-state index in [1.165, 1.54) is 29.2 Å². The lowest BCUT2D eigenvalue weighted by atomic mass is 10.0. The van der Waals surface area contributed by atoms with Crippen LogP contribution in [0, 0.1) is 0 Å². The molecule has 13 heteroatoms. The van der Waals surface area contributed by atoms with E-state index in [0.29, 0.717) is 21.0 Å². The van der Waals surface area contributed by atoms with Gasteiger partial charge in [0.2, 0.25) is 11.8 Å². The second-order valence-corrected chi connectivity index (χ2v) is 13.7. The van der Waals surface area contributed by atoms with Gasteiger partial charge in [0.1, 0.15) is 12.6 Å². The molecule has 0 aliphatic carbocycles. The zero-order valence-corrected chi connectivity index (χ0v) is 27.7. The second-order valence-electron chi connectivity index (χ2n) is 11.0. The van der Waals surface area contributed by atoms with E-state index in [1.807, 2.05) is 0 Å². The number of nitrogens with zero attached hydrogens (tertiary/aromatic N) is 2. The Morgan fingerprint density at radius 3 is 2.00 bits per heavy atom. The molecule has 0 fully saturated rings. The summed E-state index contributed by atoms with van der Waals surface area (Å²) in [6.07, 6.45) is -4.83. The summed E-state index contributed by atoms with van der Waals surface area (Å²) < 4.78 is 70.3. The number of hydrogen-bond donors (Lipinski definition) is 1. The van der Waals surface area contributed by atoms with Crippen LogP contribution in [0.25, 0.3) is 0 Å². The highest BCUT2D eigenvalue weighted by atomic mass is 35.5. The van der Waals surface area contributed by atoms with Gasteiger partial charge in [-0.1, -0.05) is 83.9 Å². The van der Waals surface area contributed by atoms with Crippen LogP contribution >= 0.6 is 23.2 Å². The molecule has 2 amide bonds. The van der Waals surface area contributed by atoms with Crippen LogP contribution in [0.3, 0.4) is 0 Å². The summed E-state index contributed by atoms with van der Waals surface area (Å²) in [7, 11) is -4.60. The van der Waals surface area contributed by atoms with Crippen molar-refractivity contribution in [3.63, 3.8) is 0 Å². The van der Waals surface area contributed by atoms with Crippen molar-refractivity contribution in [1.82, 2.24) is 10.2 Å². The maximum absolute atomic E-state index is 14.4. The van der Waals surface area contributed by atoms with Crippen molar-refractivity contribution in [3.8, 4) is 0 Å². The van der Waals surface area contributed by atoms with Crippen LogP contribution in [-0.4, -0.2) is 43.8 Å². The molecule has 0 saturated heterocycles. The molecular weight excluding hydrogens is 674 g/mol. The highest BCUT2D eigenvalue weighted by Gasteiger charge is 2.37. The number of hydrogen-bond acceptors (Lipinski definition) is 4. The molecule has 0 spiro atoms. The number of rotatable bonds is 12.